The number of alkyl halides is 3. The summed E-state index contributed by atoms with van der Waals surface area (Å²) in [6.45, 7) is 1.92. The maximum Gasteiger partial charge on any atom is 0.389 e. The number of pyridine rings is 1. The molecule has 0 aliphatic carbocycles. The lowest BCUT2D eigenvalue weighted by Crippen LogP contribution is -2.22. The van der Waals surface area contributed by atoms with E-state index in [1.54, 1.807) is 18.2 Å². The van der Waals surface area contributed by atoms with E-state index in [2.05, 4.69) is 20.9 Å². The quantitative estimate of drug-likeness (QED) is 0.131. The van der Waals surface area contributed by atoms with Crippen LogP contribution in [0.4, 0.5) is 18.9 Å². The highest BCUT2D eigenvalue weighted by Gasteiger charge is 2.26. The standard InChI is InChI=1S/C23H23ClF3N5O3S/c1-3-15-6-8-20(36-15)17-12-19(29-22(34)21(17)32(2)31-30-28-13-33)16-7-5-14(11-18(16)24)35-10-4-9-23(25,26)27/h5-8,11-13H,3-4,9-10H2,1-2H3,(H,29,34)(H,28,31,33). The summed E-state index contributed by atoms with van der Waals surface area (Å²) < 4.78 is 42.3. The topological polar surface area (TPSA) is 99.2 Å². The molecule has 0 fully saturated rings. The van der Waals surface area contributed by atoms with Crippen LogP contribution >= 0.6 is 22.9 Å². The molecule has 2 aromatic heterocycles. The smallest absolute Gasteiger partial charge is 0.389 e. The van der Waals surface area contributed by atoms with Crippen LogP contribution in [0.25, 0.3) is 21.7 Å². The highest BCUT2D eigenvalue weighted by molar-refractivity contribution is 7.15. The van der Waals surface area contributed by atoms with E-state index in [9.17, 15) is 22.8 Å². The van der Waals surface area contributed by atoms with Crippen LogP contribution in [0.5, 0.6) is 5.75 Å². The second-order valence-electron chi connectivity index (χ2n) is 7.56. The van der Waals surface area contributed by atoms with Crippen LogP contribution in [0.2, 0.25) is 5.02 Å². The Morgan fingerprint density at radius 2 is 2.00 bits per heavy atom. The van der Waals surface area contributed by atoms with Crippen LogP contribution in [0, 0.1) is 0 Å². The third-order valence-corrected chi connectivity index (χ3v) is 6.58. The second kappa shape index (κ2) is 12.0. The molecule has 0 aliphatic heterocycles. The Morgan fingerprint density at radius 1 is 1.22 bits per heavy atom. The Balaban J connectivity index is 1.96. The van der Waals surface area contributed by atoms with Gasteiger partial charge in [0.05, 0.1) is 17.3 Å². The zero-order valence-corrected chi connectivity index (χ0v) is 20.9. The van der Waals surface area contributed by atoms with Gasteiger partial charge in [0.15, 0.2) is 0 Å². The van der Waals surface area contributed by atoms with Gasteiger partial charge in [-0.05, 0) is 59.7 Å². The molecule has 8 nitrogen and oxygen atoms in total. The fourth-order valence-electron chi connectivity index (χ4n) is 3.35. The van der Waals surface area contributed by atoms with Gasteiger partial charge in [-0.15, -0.1) is 11.3 Å². The number of H-pyrrole nitrogens is 1. The van der Waals surface area contributed by atoms with Gasteiger partial charge in [-0.3, -0.25) is 9.59 Å². The third-order valence-electron chi connectivity index (χ3n) is 5.00. The van der Waals surface area contributed by atoms with Crippen LogP contribution in [-0.4, -0.2) is 31.2 Å². The normalized spacial score (nSPS) is 11.6. The summed E-state index contributed by atoms with van der Waals surface area (Å²) >= 11 is 7.97. The van der Waals surface area contributed by atoms with Gasteiger partial charge in [-0.2, -0.15) is 13.2 Å². The minimum Gasteiger partial charge on any atom is -0.494 e. The first-order valence-electron chi connectivity index (χ1n) is 10.8. The lowest BCUT2D eigenvalue weighted by Gasteiger charge is -2.16. The number of aromatic nitrogens is 1. The van der Waals surface area contributed by atoms with Crippen molar-refractivity contribution in [2.24, 2.45) is 10.4 Å². The summed E-state index contributed by atoms with van der Waals surface area (Å²) in [5.41, 5.74) is 3.31. The van der Waals surface area contributed by atoms with Crippen LogP contribution in [0.15, 0.2) is 51.6 Å². The fourth-order valence-corrected chi connectivity index (χ4v) is 4.58. The third kappa shape index (κ3) is 7.08. The van der Waals surface area contributed by atoms with E-state index in [0.29, 0.717) is 29.0 Å². The highest BCUT2D eigenvalue weighted by atomic mass is 35.5. The lowest BCUT2D eigenvalue weighted by atomic mass is 10.1. The van der Waals surface area contributed by atoms with E-state index in [0.717, 1.165) is 16.2 Å². The number of halogens is 4. The largest absolute Gasteiger partial charge is 0.494 e. The molecule has 36 heavy (non-hydrogen) atoms. The van der Waals surface area contributed by atoms with E-state index < -0.39 is 18.2 Å². The number of benzene rings is 1. The van der Waals surface area contributed by atoms with Gasteiger partial charge in [0, 0.05) is 34.3 Å². The number of amides is 1. The molecule has 0 unspecified atom stereocenters. The molecule has 0 spiro atoms. The van der Waals surface area contributed by atoms with Gasteiger partial charge in [-0.25, -0.2) is 10.4 Å². The Kier molecular flexibility index (Phi) is 9.10. The molecule has 0 aliphatic rings. The Bertz CT molecular complexity index is 1290. The number of anilines is 1. The molecular formula is C23H23ClF3N5O3S. The number of thiophene rings is 1. The average Bonchev–Trinajstić information content (AvgIpc) is 3.30. The minimum atomic E-state index is -4.23. The van der Waals surface area contributed by atoms with E-state index >= 15 is 0 Å². The molecule has 2 N–H and O–H groups in total. The Morgan fingerprint density at radius 3 is 2.64 bits per heavy atom. The number of ether oxygens (including phenoxy) is 1. The Labute approximate surface area is 213 Å². The monoisotopic (exact) mass is 541 g/mol. The molecular weight excluding hydrogens is 519 g/mol. The molecule has 0 bridgehead atoms. The molecule has 0 saturated heterocycles. The van der Waals surface area contributed by atoms with Gasteiger partial charge in [0.2, 0.25) is 6.41 Å². The van der Waals surface area contributed by atoms with E-state index in [4.69, 9.17) is 16.3 Å². The number of rotatable bonds is 11. The molecule has 1 aromatic carbocycles. The maximum atomic E-state index is 13.1. The van der Waals surface area contributed by atoms with Crippen molar-refractivity contribution in [2.45, 2.75) is 32.4 Å². The lowest BCUT2D eigenvalue weighted by molar-refractivity contribution is -0.136. The molecule has 2 heterocycles. The fraction of sp³-hybridized carbons (Fsp3) is 0.304. The molecule has 0 radical (unpaired) electrons. The first-order valence-corrected chi connectivity index (χ1v) is 12.0. The molecule has 0 saturated carbocycles. The van der Waals surface area contributed by atoms with Crippen LogP contribution in [0.3, 0.4) is 0 Å². The molecule has 192 valence electrons. The van der Waals surface area contributed by atoms with Gasteiger partial charge >= 0.3 is 6.18 Å². The number of nitrogens with one attached hydrogen (secondary N) is 2. The van der Waals surface area contributed by atoms with Crippen molar-refractivity contribution < 1.29 is 22.7 Å². The first kappa shape index (κ1) is 27.2. The number of aromatic amines is 1. The summed E-state index contributed by atoms with van der Waals surface area (Å²) in [7, 11) is 1.52. The number of nitrogens with zero attached hydrogens (tertiary/aromatic N) is 3. The predicted octanol–water partition coefficient (Wildman–Crippen LogP) is 6.17. The number of carbonyl (C=O) groups excluding carboxylic acids is 1. The van der Waals surface area contributed by atoms with E-state index in [1.807, 2.05) is 19.1 Å². The van der Waals surface area contributed by atoms with Crippen LogP contribution < -0.4 is 20.7 Å². The van der Waals surface area contributed by atoms with Gasteiger partial charge in [0.1, 0.15) is 11.4 Å². The zero-order chi connectivity index (χ0) is 26.3. The zero-order valence-electron chi connectivity index (χ0n) is 19.4. The van der Waals surface area contributed by atoms with Gasteiger partial charge < -0.3 is 9.72 Å². The minimum absolute atomic E-state index is 0.108. The SMILES string of the molecule is CCc1ccc(-c2cc(-c3ccc(OCCCC(F)(F)F)cc3Cl)[nH]c(=O)c2N(C)/N=N\NC=O)s1. The summed E-state index contributed by atoms with van der Waals surface area (Å²) in [5.74, 6) is 0.318. The number of hydrogen-bond donors (Lipinski definition) is 2. The van der Waals surface area contributed by atoms with Gasteiger partial charge in [-0.1, -0.05) is 18.5 Å². The van der Waals surface area contributed by atoms with Crippen molar-refractivity contribution >= 4 is 35.0 Å². The molecule has 3 aromatic rings. The van der Waals surface area contributed by atoms with Crippen molar-refractivity contribution in [3.05, 3.63) is 56.7 Å². The average molecular weight is 542 g/mol. The number of aryl methyl sites for hydroxylation is 1. The molecule has 1 amide bonds. The summed E-state index contributed by atoms with van der Waals surface area (Å²) in [5, 5.41) is 8.83. The second-order valence-corrected chi connectivity index (χ2v) is 9.14. The van der Waals surface area contributed by atoms with E-state index in [1.165, 1.54) is 29.5 Å². The van der Waals surface area contributed by atoms with Crippen molar-refractivity contribution in [3.63, 3.8) is 0 Å². The molecule has 13 heteroatoms. The Hall–Kier alpha value is -3.38. The summed E-state index contributed by atoms with van der Waals surface area (Å²) in [6, 6.07) is 10.3. The molecule has 0 atom stereocenters. The first-order chi connectivity index (χ1) is 17.1. The van der Waals surface area contributed by atoms with Gasteiger partial charge in [0.25, 0.3) is 5.56 Å². The van der Waals surface area contributed by atoms with Crippen molar-refractivity contribution in [2.75, 3.05) is 18.7 Å². The summed E-state index contributed by atoms with van der Waals surface area (Å²) in [6.07, 6.45) is -4.16. The molecule has 3 rings (SSSR count). The van der Waals surface area contributed by atoms with Crippen molar-refractivity contribution in [3.8, 4) is 27.4 Å². The maximum absolute atomic E-state index is 13.1. The summed E-state index contributed by atoms with van der Waals surface area (Å²) in [4.78, 5) is 28.3. The highest BCUT2D eigenvalue weighted by Crippen LogP contribution is 2.37. The van der Waals surface area contributed by atoms with Crippen molar-refractivity contribution in [1.82, 2.24) is 10.4 Å². The van der Waals surface area contributed by atoms with Crippen molar-refractivity contribution in [1.29, 1.82) is 0 Å². The number of hydrogen-bond acceptors (Lipinski definition) is 6. The van der Waals surface area contributed by atoms with Crippen LogP contribution in [0.1, 0.15) is 24.6 Å². The van der Waals surface area contributed by atoms with E-state index in [-0.39, 0.29) is 23.7 Å². The van der Waals surface area contributed by atoms with Crippen LogP contribution in [-0.2, 0) is 11.2 Å². The number of carbonyl (C=O) groups is 1. The predicted molar refractivity (Wildman–Crippen MR) is 133 cm³/mol.